The van der Waals surface area contributed by atoms with Crippen LogP contribution in [0.2, 0.25) is 0 Å². The summed E-state index contributed by atoms with van der Waals surface area (Å²) in [4.78, 5) is 45.3. The lowest BCUT2D eigenvalue weighted by atomic mass is 9.65. The first-order valence-electron chi connectivity index (χ1n) is 14.0. The van der Waals surface area contributed by atoms with Crippen molar-refractivity contribution in [3.63, 3.8) is 0 Å². The van der Waals surface area contributed by atoms with Gasteiger partial charge >= 0.3 is 5.97 Å². The molecule has 3 aliphatic heterocycles. The molecule has 1 N–H and O–H groups in total. The number of hydrogen-bond acceptors (Lipinski definition) is 6. The minimum absolute atomic E-state index is 0.0479. The predicted octanol–water partition coefficient (Wildman–Crippen LogP) is 3.48. The third kappa shape index (κ3) is 5.11. The van der Waals surface area contributed by atoms with Crippen molar-refractivity contribution in [1.29, 1.82) is 0 Å². The topological polar surface area (TPSA) is 96.4 Å². The number of rotatable bonds is 15. The lowest BCUT2D eigenvalue weighted by Crippen LogP contribution is -2.59. The van der Waals surface area contributed by atoms with Crippen LogP contribution in [0.25, 0.3) is 0 Å². The first-order valence-corrected chi connectivity index (χ1v) is 14.0. The third-order valence-corrected chi connectivity index (χ3v) is 8.49. The highest BCUT2D eigenvalue weighted by Gasteiger charge is 2.79. The van der Waals surface area contributed by atoms with Gasteiger partial charge in [0.1, 0.15) is 24.2 Å². The van der Waals surface area contributed by atoms with E-state index in [-0.39, 0.29) is 30.9 Å². The number of aliphatic hydroxyl groups excluding tert-OH is 1. The number of amides is 2. The Morgan fingerprint density at radius 3 is 2.54 bits per heavy atom. The molecule has 0 radical (unpaired) electrons. The average molecular weight is 519 g/mol. The van der Waals surface area contributed by atoms with Crippen molar-refractivity contribution in [1.82, 2.24) is 9.80 Å². The van der Waals surface area contributed by atoms with E-state index >= 15 is 0 Å². The number of ether oxygens (including phenoxy) is 2. The van der Waals surface area contributed by atoms with Crippen molar-refractivity contribution in [2.75, 3.05) is 26.3 Å². The normalized spacial score (nSPS) is 30.9. The summed E-state index contributed by atoms with van der Waals surface area (Å²) in [6, 6.07) is -1.46. The van der Waals surface area contributed by atoms with Crippen LogP contribution in [0.5, 0.6) is 0 Å². The fourth-order valence-corrected chi connectivity index (χ4v) is 6.91. The summed E-state index contributed by atoms with van der Waals surface area (Å²) >= 11 is 0. The molecule has 0 aromatic heterocycles. The Hall–Kier alpha value is -2.19. The zero-order valence-electron chi connectivity index (χ0n) is 23.1. The van der Waals surface area contributed by atoms with E-state index in [1.54, 1.807) is 15.9 Å². The van der Waals surface area contributed by atoms with Gasteiger partial charge in [-0.05, 0) is 38.0 Å². The van der Waals surface area contributed by atoms with Gasteiger partial charge in [0.15, 0.2) is 0 Å². The summed E-state index contributed by atoms with van der Waals surface area (Å²) in [5.41, 5.74) is -1.97. The Balaban J connectivity index is 2.11. The summed E-state index contributed by atoms with van der Waals surface area (Å²) in [6.45, 7) is 16.3. The van der Waals surface area contributed by atoms with Crippen LogP contribution in [0, 0.1) is 17.8 Å². The molecule has 0 aromatic rings. The first kappa shape index (κ1) is 29.4. The number of likely N-dealkylation sites (tertiary alicyclic amines) is 1. The quantitative estimate of drug-likeness (QED) is 0.203. The lowest BCUT2D eigenvalue weighted by molar-refractivity contribution is -0.163. The smallest absolute Gasteiger partial charge is 0.313 e. The van der Waals surface area contributed by atoms with Crippen molar-refractivity contribution >= 4 is 17.8 Å². The van der Waals surface area contributed by atoms with E-state index in [9.17, 15) is 19.5 Å². The van der Waals surface area contributed by atoms with E-state index in [2.05, 4.69) is 20.1 Å². The molecule has 8 nitrogen and oxygen atoms in total. The van der Waals surface area contributed by atoms with Crippen LogP contribution in [-0.2, 0) is 23.9 Å². The molecule has 0 saturated carbocycles. The molecule has 0 aromatic carbocycles. The molecule has 3 aliphatic rings. The Bertz CT molecular complexity index is 874. The Morgan fingerprint density at radius 1 is 1.24 bits per heavy atom. The van der Waals surface area contributed by atoms with Gasteiger partial charge in [-0.2, -0.15) is 0 Å². The van der Waals surface area contributed by atoms with Gasteiger partial charge in [-0.25, -0.2) is 0 Å². The fraction of sp³-hybridized carbons (Fsp3) is 0.759. The standard InChI is InChI=1S/C29H46N2O6/c1-7-11-12-16-30(15-8-2)26(34)24-29-14-13-28(10-4,37-29)23(27(35)36-17-9-3)22(29)25(33)31(24)21(19-32)18-20(5)6/h8-9,20-24,32H,2-3,7,10-19H2,1,4-6H3/t21-,22+,23-,24?,28+,29?/m1/s1. The Kier molecular flexibility index (Phi) is 9.62. The van der Waals surface area contributed by atoms with Crippen molar-refractivity contribution < 1.29 is 29.0 Å². The zero-order valence-corrected chi connectivity index (χ0v) is 23.1. The number of fused-ring (bicyclic) bond motifs is 1. The molecule has 3 heterocycles. The Labute approximate surface area is 222 Å². The number of carbonyl (C=O) groups is 3. The van der Waals surface area contributed by atoms with Crippen LogP contribution in [0.15, 0.2) is 25.3 Å². The molecule has 3 saturated heterocycles. The van der Waals surface area contributed by atoms with Gasteiger partial charge in [-0.15, -0.1) is 6.58 Å². The summed E-state index contributed by atoms with van der Waals surface area (Å²) in [6.07, 6.45) is 8.22. The minimum Gasteiger partial charge on any atom is -0.461 e. The largest absolute Gasteiger partial charge is 0.461 e. The second-order valence-corrected chi connectivity index (χ2v) is 11.2. The number of unbranched alkanes of at least 4 members (excludes halogenated alkanes) is 2. The second-order valence-electron chi connectivity index (χ2n) is 11.2. The van der Waals surface area contributed by atoms with Crippen LogP contribution in [0.1, 0.15) is 72.6 Å². The van der Waals surface area contributed by atoms with Crippen LogP contribution >= 0.6 is 0 Å². The minimum atomic E-state index is -1.13. The lowest BCUT2D eigenvalue weighted by Gasteiger charge is -2.40. The average Bonchev–Trinajstić information content (AvgIpc) is 3.48. The van der Waals surface area contributed by atoms with E-state index < -0.39 is 41.1 Å². The molecule has 208 valence electrons. The summed E-state index contributed by atoms with van der Waals surface area (Å²) in [5.74, 6) is -2.40. The monoisotopic (exact) mass is 518 g/mol. The van der Waals surface area contributed by atoms with Gasteiger partial charge in [0.05, 0.1) is 24.2 Å². The summed E-state index contributed by atoms with van der Waals surface area (Å²) < 4.78 is 12.3. The molecule has 2 bridgehead atoms. The number of esters is 1. The highest BCUT2D eigenvalue weighted by Crippen LogP contribution is 2.65. The van der Waals surface area contributed by atoms with Crippen molar-refractivity contribution in [3.05, 3.63) is 25.3 Å². The molecular formula is C29H46N2O6. The van der Waals surface area contributed by atoms with E-state index in [0.717, 1.165) is 19.3 Å². The van der Waals surface area contributed by atoms with Gasteiger partial charge in [0.2, 0.25) is 11.8 Å². The second kappa shape index (κ2) is 12.1. The molecule has 3 rings (SSSR count). The van der Waals surface area contributed by atoms with E-state index in [1.807, 2.05) is 20.8 Å². The maximum Gasteiger partial charge on any atom is 0.313 e. The molecule has 8 heteroatoms. The van der Waals surface area contributed by atoms with Gasteiger partial charge in [0, 0.05) is 13.1 Å². The number of nitrogens with zero attached hydrogens (tertiary/aromatic N) is 2. The predicted molar refractivity (Wildman–Crippen MR) is 141 cm³/mol. The number of aliphatic hydroxyl groups is 1. The van der Waals surface area contributed by atoms with E-state index in [4.69, 9.17) is 9.47 Å². The van der Waals surface area contributed by atoms with Crippen LogP contribution in [0.3, 0.4) is 0 Å². The molecule has 0 aliphatic carbocycles. The van der Waals surface area contributed by atoms with E-state index in [0.29, 0.717) is 38.8 Å². The van der Waals surface area contributed by atoms with Crippen molar-refractivity contribution in [2.45, 2.75) is 95.9 Å². The van der Waals surface area contributed by atoms with Crippen molar-refractivity contribution in [3.8, 4) is 0 Å². The molecule has 2 amide bonds. The molecule has 6 atom stereocenters. The molecule has 37 heavy (non-hydrogen) atoms. The first-order chi connectivity index (χ1) is 17.7. The van der Waals surface area contributed by atoms with Gasteiger partial charge in [-0.3, -0.25) is 14.4 Å². The molecular weight excluding hydrogens is 472 g/mol. The van der Waals surface area contributed by atoms with Gasteiger partial charge < -0.3 is 24.4 Å². The van der Waals surface area contributed by atoms with Crippen LogP contribution in [-0.4, -0.2) is 82.3 Å². The van der Waals surface area contributed by atoms with Crippen molar-refractivity contribution in [2.24, 2.45) is 17.8 Å². The molecule has 2 unspecified atom stereocenters. The van der Waals surface area contributed by atoms with Crippen LogP contribution in [0.4, 0.5) is 0 Å². The van der Waals surface area contributed by atoms with Gasteiger partial charge in [0.25, 0.3) is 0 Å². The molecule has 3 fully saturated rings. The number of hydrogen-bond donors (Lipinski definition) is 1. The maximum atomic E-state index is 14.4. The Morgan fingerprint density at radius 2 is 1.97 bits per heavy atom. The SMILES string of the molecule is C=CCOC(=O)[C@H]1[C@H]2C(=O)N([C@@H](CO)CC(C)C)C(C(=O)N(CC=C)CCCCC)C23CC[C@]1(CC)O3. The van der Waals surface area contributed by atoms with Crippen LogP contribution < -0.4 is 0 Å². The zero-order chi connectivity index (χ0) is 27.4. The highest BCUT2D eigenvalue weighted by atomic mass is 16.6. The van der Waals surface area contributed by atoms with Gasteiger partial charge in [-0.1, -0.05) is 59.3 Å². The fourth-order valence-electron chi connectivity index (χ4n) is 6.91. The maximum absolute atomic E-state index is 14.4. The summed E-state index contributed by atoms with van der Waals surface area (Å²) in [7, 11) is 0. The summed E-state index contributed by atoms with van der Waals surface area (Å²) in [5, 5.41) is 10.4. The number of carbonyl (C=O) groups excluding carboxylic acids is 3. The third-order valence-electron chi connectivity index (χ3n) is 8.49. The highest BCUT2D eigenvalue weighted by molar-refractivity contribution is 5.98. The van der Waals surface area contributed by atoms with E-state index in [1.165, 1.54) is 6.08 Å². The molecule has 1 spiro atoms.